The van der Waals surface area contributed by atoms with Gasteiger partial charge in [0, 0.05) is 0 Å². The third-order valence-corrected chi connectivity index (χ3v) is 3.71. The minimum atomic E-state index is -0.298. The van der Waals surface area contributed by atoms with Gasteiger partial charge in [-0.2, -0.15) is 0 Å². The molecule has 1 atom stereocenters. The molecule has 0 amide bonds. The maximum absolute atomic E-state index is 13.5. The molecule has 1 nitrogen and oxygen atoms in total. The van der Waals surface area contributed by atoms with Gasteiger partial charge in [0.2, 0.25) is 0 Å². The van der Waals surface area contributed by atoms with E-state index >= 15 is 0 Å². The third kappa shape index (κ3) is 2.62. The summed E-state index contributed by atoms with van der Waals surface area (Å²) in [6.45, 7) is 4.07. The van der Waals surface area contributed by atoms with Crippen LogP contribution in [-0.4, -0.2) is 0 Å². The summed E-state index contributed by atoms with van der Waals surface area (Å²) in [6, 6.07) is 10.8. The van der Waals surface area contributed by atoms with E-state index in [0.717, 1.165) is 16.7 Å². The molecule has 0 aliphatic heterocycles. The number of nitrogens with two attached hydrogens (primary N) is 1. The fraction of sp³-hybridized carbons (Fsp3) is 0.200. The zero-order chi connectivity index (χ0) is 13.3. The van der Waals surface area contributed by atoms with E-state index in [4.69, 9.17) is 5.73 Å². The van der Waals surface area contributed by atoms with E-state index in [0.29, 0.717) is 4.47 Å². The zero-order valence-electron chi connectivity index (χ0n) is 10.4. The first-order valence-electron chi connectivity index (χ1n) is 5.76. The molecular formula is C15H15BrFN. The zero-order valence-corrected chi connectivity index (χ0v) is 12.0. The van der Waals surface area contributed by atoms with Crippen LogP contribution in [0.4, 0.5) is 4.39 Å². The first-order chi connectivity index (χ1) is 8.49. The maximum atomic E-state index is 13.5. The van der Waals surface area contributed by atoms with Crippen LogP contribution in [-0.2, 0) is 0 Å². The normalized spacial score (nSPS) is 12.5. The van der Waals surface area contributed by atoms with Gasteiger partial charge in [-0.25, -0.2) is 4.39 Å². The van der Waals surface area contributed by atoms with Gasteiger partial charge in [0.1, 0.15) is 5.82 Å². The molecule has 2 aromatic rings. The molecule has 0 spiro atoms. The Morgan fingerprint density at radius 1 is 1.11 bits per heavy atom. The highest BCUT2D eigenvalue weighted by Gasteiger charge is 2.13. The van der Waals surface area contributed by atoms with Crippen molar-refractivity contribution in [3.63, 3.8) is 0 Å². The molecule has 18 heavy (non-hydrogen) atoms. The first kappa shape index (κ1) is 13.2. The van der Waals surface area contributed by atoms with Gasteiger partial charge in [-0.15, -0.1) is 0 Å². The molecule has 2 N–H and O–H groups in total. The first-order valence-corrected chi connectivity index (χ1v) is 6.56. The molecule has 2 rings (SSSR count). The molecule has 0 aromatic heterocycles. The molecule has 0 bridgehead atoms. The highest BCUT2D eigenvalue weighted by atomic mass is 79.9. The highest BCUT2D eigenvalue weighted by molar-refractivity contribution is 9.10. The molecule has 1 unspecified atom stereocenters. The summed E-state index contributed by atoms with van der Waals surface area (Å²) >= 11 is 3.14. The van der Waals surface area contributed by atoms with Crippen molar-refractivity contribution in [1.29, 1.82) is 0 Å². The molecule has 0 aliphatic rings. The van der Waals surface area contributed by atoms with E-state index < -0.39 is 0 Å². The highest BCUT2D eigenvalue weighted by Crippen LogP contribution is 2.26. The van der Waals surface area contributed by atoms with Crippen molar-refractivity contribution in [3.05, 3.63) is 68.9 Å². The van der Waals surface area contributed by atoms with Crippen molar-refractivity contribution in [2.24, 2.45) is 5.73 Å². The van der Waals surface area contributed by atoms with Gasteiger partial charge in [0.05, 0.1) is 10.5 Å². The second kappa shape index (κ2) is 5.21. The van der Waals surface area contributed by atoms with Crippen molar-refractivity contribution in [2.45, 2.75) is 19.9 Å². The Morgan fingerprint density at radius 3 is 2.44 bits per heavy atom. The van der Waals surface area contributed by atoms with E-state index in [9.17, 15) is 4.39 Å². The lowest BCUT2D eigenvalue weighted by Gasteiger charge is -2.16. The smallest absolute Gasteiger partial charge is 0.137 e. The van der Waals surface area contributed by atoms with Gasteiger partial charge in [-0.1, -0.05) is 29.8 Å². The van der Waals surface area contributed by atoms with Crippen molar-refractivity contribution < 1.29 is 4.39 Å². The van der Waals surface area contributed by atoms with Crippen LogP contribution in [0.25, 0.3) is 0 Å². The minimum absolute atomic E-state index is 0.285. The van der Waals surface area contributed by atoms with Gasteiger partial charge in [0.25, 0.3) is 0 Å². The number of benzene rings is 2. The lowest BCUT2D eigenvalue weighted by Crippen LogP contribution is -2.13. The van der Waals surface area contributed by atoms with E-state index in [2.05, 4.69) is 22.0 Å². The van der Waals surface area contributed by atoms with Crippen LogP contribution < -0.4 is 5.73 Å². The Balaban J connectivity index is 2.41. The van der Waals surface area contributed by atoms with Crippen molar-refractivity contribution >= 4 is 15.9 Å². The predicted octanol–water partition coefficient (Wildman–Crippen LogP) is 4.25. The van der Waals surface area contributed by atoms with E-state index in [1.807, 2.05) is 32.0 Å². The Bertz CT molecular complexity index is 581. The van der Waals surface area contributed by atoms with Crippen LogP contribution in [0.5, 0.6) is 0 Å². The molecule has 0 aliphatic carbocycles. The molecule has 3 heteroatoms. The molecular weight excluding hydrogens is 293 g/mol. The SMILES string of the molecule is Cc1ccc(C(N)c2ccc(Br)c(F)c2)c(C)c1. The van der Waals surface area contributed by atoms with Crippen LogP contribution >= 0.6 is 15.9 Å². The minimum Gasteiger partial charge on any atom is -0.320 e. The Labute approximate surface area is 115 Å². The van der Waals surface area contributed by atoms with Crippen molar-refractivity contribution in [1.82, 2.24) is 0 Å². The van der Waals surface area contributed by atoms with Gasteiger partial charge < -0.3 is 5.73 Å². The Morgan fingerprint density at radius 2 is 1.83 bits per heavy atom. The molecule has 0 radical (unpaired) electrons. The van der Waals surface area contributed by atoms with Crippen molar-refractivity contribution in [2.75, 3.05) is 0 Å². The number of hydrogen-bond acceptors (Lipinski definition) is 1. The second-order valence-corrected chi connectivity index (χ2v) is 5.37. The van der Waals surface area contributed by atoms with Crippen molar-refractivity contribution in [3.8, 4) is 0 Å². The largest absolute Gasteiger partial charge is 0.320 e. The lowest BCUT2D eigenvalue weighted by atomic mass is 9.94. The van der Waals surface area contributed by atoms with Gasteiger partial charge in [-0.3, -0.25) is 0 Å². The topological polar surface area (TPSA) is 26.0 Å². The fourth-order valence-corrected chi connectivity index (χ4v) is 2.31. The molecule has 94 valence electrons. The van der Waals surface area contributed by atoms with Crippen LogP contribution in [0, 0.1) is 19.7 Å². The lowest BCUT2D eigenvalue weighted by molar-refractivity contribution is 0.617. The maximum Gasteiger partial charge on any atom is 0.137 e. The summed E-state index contributed by atoms with van der Waals surface area (Å²) < 4.78 is 14.0. The van der Waals surface area contributed by atoms with E-state index in [-0.39, 0.29) is 11.9 Å². The predicted molar refractivity (Wildman–Crippen MR) is 76.0 cm³/mol. The number of hydrogen-bond donors (Lipinski definition) is 1. The Hall–Kier alpha value is -1.19. The van der Waals surface area contributed by atoms with Crippen LogP contribution in [0.3, 0.4) is 0 Å². The molecule has 2 aromatic carbocycles. The fourth-order valence-electron chi connectivity index (χ4n) is 2.06. The summed E-state index contributed by atoms with van der Waals surface area (Å²) in [6.07, 6.45) is 0. The molecule has 0 saturated carbocycles. The van der Waals surface area contributed by atoms with Gasteiger partial charge in [0.15, 0.2) is 0 Å². The van der Waals surface area contributed by atoms with Crippen LogP contribution in [0.2, 0.25) is 0 Å². The van der Waals surface area contributed by atoms with Crippen LogP contribution in [0.1, 0.15) is 28.3 Å². The number of rotatable bonds is 2. The van der Waals surface area contributed by atoms with E-state index in [1.165, 1.54) is 11.6 Å². The second-order valence-electron chi connectivity index (χ2n) is 4.51. The number of halogens is 2. The van der Waals surface area contributed by atoms with Gasteiger partial charge in [-0.05, 0) is 58.6 Å². The summed E-state index contributed by atoms with van der Waals surface area (Å²) in [5, 5.41) is 0. The summed E-state index contributed by atoms with van der Waals surface area (Å²) in [5.41, 5.74) is 10.3. The summed E-state index contributed by atoms with van der Waals surface area (Å²) in [5.74, 6) is -0.285. The summed E-state index contributed by atoms with van der Waals surface area (Å²) in [7, 11) is 0. The molecule has 0 heterocycles. The van der Waals surface area contributed by atoms with Crippen LogP contribution in [0.15, 0.2) is 40.9 Å². The average Bonchev–Trinajstić information content (AvgIpc) is 2.32. The number of aryl methyl sites for hydroxylation is 2. The average molecular weight is 308 g/mol. The monoisotopic (exact) mass is 307 g/mol. The quantitative estimate of drug-likeness (QED) is 0.881. The summed E-state index contributed by atoms with van der Waals surface area (Å²) in [4.78, 5) is 0. The third-order valence-electron chi connectivity index (χ3n) is 3.06. The standard InChI is InChI=1S/C15H15BrFN/c1-9-3-5-12(10(2)7-9)15(18)11-4-6-13(16)14(17)8-11/h3-8,15H,18H2,1-2H3. The van der Waals surface area contributed by atoms with E-state index in [1.54, 1.807) is 6.07 Å². The molecule has 0 saturated heterocycles. The Kier molecular flexibility index (Phi) is 3.83. The molecule has 0 fully saturated rings. The van der Waals surface area contributed by atoms with Gasteiger partial charge >= 0.3 is 0 Å².